The van der Waals surface area contributed by atoms with E-state index in [9.17, 15) is 4.79 Å². The SMILES string of the molecule is CC1CCC(C(C)C)[C](C(=O)O)C1. The molecule has 75 valence electrons. The normalized spacial score (nSPS) is 30.8. The third kappa shape index (κ3) is 2.45. The molecule has 0 aromatic rings. The Hall–Kier alpha value is -0.530. The highest BCUT2D eigenvalue weighted by molar-refractivity contribution is 5.83. The monoisotopic (exact) mass is 183 g/mol. The maximum atomic E-state index is 11.0. The van der Waals surface area contributed by atoms with Crippen molar-refractivity contribution < 1.29 is 9.90 Å². The zero-order chi connectivity index (χ0) is 10.0. The summed E-state index contributed by atoms with van der Waals surface area (Å²) >= 11 is 0. The summed E-state index contributed by atoms with van der Waals surface area (Å²) in [6.07, 6.45) is 3.03. The first kappa shape index (κ1) is 10.6. The molecule has 1 radical (unpaired) electrons. The van der Waals surface area contributed by atoms with Crippen LogP contribution in [0, 0.1) is 23.7 Å². The Morgan fingerprint density at radius 3 is 2.54 bits per heavy atom. The van der Waals surface area contributed by atoms with E-state index in [-0.39, 0.29) is 0 Å². The highest BCUT2D eigenvalue weighted by Gasteiger charge is 2.35. The summed E-state index contributed by atoms with van der Waals surface area (Å²) in [4.78, 5) is 11.0. The molecule has 2 atom stereocenters. The van der Waals surface area contributed by atoms with E-state index in [1.54, 1.807) is 0 Å². The molecule has 1 aliphatic carbocycles. The lowest BCUT2D eigenvalue weighted by Crippen LogP contribution is -2.31. The molecule has 0 aromatic carbocycles. The topological polar surface area (TPSA) is 37.3 Å². The van der Waals surface area contributed by atoms with Crippen molar-refractivity contribution in [3.63, 3.8) is 0 Å². The molecule has 0 bridgehead atoms. The molecule has 1 aliphatic rings. The highest BCUT2D eigenvalue weighted by atomic mass is 16.4. The van der Waals surface area contributed by atoms with Crippen LogP contribution in [0.25, 0.3) is 0 Å². The largest absolute Gasteiger partial charge is 0.481 e. The van der Waals surface area contributed by atoms with E-state index in [0.29, 0.717) is 17.8 Å². The number of rotatable bonds is 2. The zero-order valence-corrected chi connectivity index (χ0v) is 8.71. The second-order valence-corrected chi connectivity index (χ2v) is 4.57. The molecule has 2 nitrogen and oxygen atoms in total. The van der Waals surface area contributed by atoms with Crippen LogP contribution >= 0.6 is 0 Å². The molecule has 1 fully saturated rings. The standard InChI is InChI=1S/C11H19O2/c1-7(2)9-5-4-8(3)6-10(9)11(12)13/h7-9H,4-6H2,1-3H3,(H,12,13). The van der Waals surface area contributed by atoms with Crippen LogP contribution in [-0.2, 0) is 4.79 Å². The molecule has 0 heterocycles. The summed E-state index contributed by atoms with van der Waals surface area (Å²) in [6, 6.07) is 0. The number of carboxylic acid groups (broad SMARTS) is 1. The molecule has 1 N–H and O–H groups in total. The van der Waals surface area contributed by atoms with Crippen molar-refractivity contribution in [1.82, 2.24) is 0 Å². The Kier molecular flexibility index (Phi) is 3.34. The van der Waals surface area contributed by atoms with Crippen molar-refractivity contribution in [2.75, 3.05) is 0 Å². The molecular formula is C11H19O2. The molecule has 0 amide bonds. The van der Waals surface area contributed by atoms with Crippen LogP contribution in [0.2, 0.25) is 0 Å². The van der Waals surface area contributed by atoms with E-state index in [0.717, 1.165) is 18.8 Å². The average molecular weight is 183 g/mol. The smallest absolute Gasteiger partial charge is 0.311 e. The second kappa shape index (κ2) is 4.12. The van der Waals surface area contributed by atoms with Crippen LogP contribution in [0.4, 0.5) is 0 Å². The Morgan fingerprint density at radius 2 is 2.08 bits per heavy atom. The fourth-order valence-electron chi connectivity index (χ4n) is 2.25. The second-order valence-electron chi connectivity index (χ2n) is 4.57. The van der Waals surface area contributed by atoms with E-state index in [4.69, 9.17) is 5.11 Å². The zero-order valence-electron chi connectivity index (χ0n) is 8.71. The molecule has 1 saturated carbocycles. The van der Waals surface area contributed by atoms with Crippen LogP contribution in [-0.4, -0.2) is 11.1 Å². The van der Waals surface area contributed by atoms with Gasteiger partial charge in [0, 0.05) is 0 Å². The van der Waals surface area contributed by atoms with Gasteiger partial charge in [0.2, 0.25) is 0 Å². The fourth-order valence-corrected chi connectivity index (χ4v) is 2.25. The van der Waals surface area contributed by atoms with Gasteiger partial charge in [0.1, 0.15) is 0 Å². The predicted octanol–water partition coefficient (Wildman–Crippen LogP) is 2.74. The number of aliphatic carboxylic acids is 1. The molecule has 0 saturated heterocycles. The minimum atomic E-state index is -0.676. The van der Waals surface area contributed by atoms with Crippen LogP contribution in [0.15, 0.2) is 0 Å². The summed E-state index contributed by atoms with van der Waals surface area (Å²) in [5.41, 5.74) is 0. The third-order valence-corrected chi connectivity index (χ3v) is 3.07. The quantitative estimate of drug-likeness (QED) is 0.714. The molecule has 1 rings (SSSR count). The van der Waals surface area contributed by atoms with Gasteiger partial charge in [-0.2, -0.15) is 0 Å². The van der Waals surface area contributed by atoms with Crippen LogP contribution < -0.4 is 0 Å². The lowest BCUT2D eigenvalue weighted by atomic mass is 9.70. The number of carboxylic acids is 1. The van der Waals surface area contributed by atoms with Crippen molar-refractivity contribution in [2.24, 2.45) is 17.8 Å². The molecule has 0 spiro atoms. The van der Waals surface area contributed by atoms with Gasteiger partial charge in [-0.1, -0.05) is 27.2 Å². The van der Waals surface area contributed by atoms with Gasteiger partial charge < -0.3 is 5.11 Å². The number of hydrogen-bond acceptors (Lipinski definition) is 1. The van der Waals surface area contributed by atoms with Gasteiger partial charge in [0.25, 0.3) is 0 Å². The van der Waals surface area contributed by atoms with Gasteiger partial charge in [-0.15, -0.1) is 0 Å². The summed E-state index contributed by atoms with van der Waals surface area (Å²) in [5.74, 6) is 1.42. The Morgan fingerprint density at radius 1 is 1.46 bits per heavy atom. The third-order valence-electron chi connectivity index (χ3n) is 3.07. The van der Waals surface area contributed by atoms with Gasteiger partial charge in [0.05, 0.1) is 5.92 Å². The van der Waals surface area contributed by atoms with Crippen LogP contribution in [0.3, 0.4) is 0 Å². The minimum absolute atomic E-state index is 0.314. The first-order chi connectivity index (χ1) is 6.02. The average Bonchev–Trinajstić information content (AvgIpc) is 2.03. The van der Waals surface area contributed by atoms with Crippen molar-refractivity contribution >= 4 is 5.97 Å². The molecule has 2 heteroatoms. The van der Waals surface area contributed by atoms with Crippen molar-refractivity contribution in [1.29, 1.82) is 0 Å². The van der Waals surface area contributed by atoms with Gasteiger partial charge in [0.15, 0.2) is 0 Å². The Bertz CT molecular complexity index is 187. The summed E-state index contributed by atoms with van der Waals surface area (Å²) < 4.78 is 0. The van der Waals surface area contributed by atoms with E-state index in [2.05, 4.69) is 20.8 Å². The van der Waals surface area contributed by atoms with E-state index >= 15 is 0 Å². The first-order valence-electron chi connectivity index (χ1n) is 5.11. The Balaban J connectivity index is 2.66. The molecule has 0 aromatic heterocycles. The van der Waals surface area contributed by atoms with E-state index in [1.807, 2.05) is 0 Å². The lowest BCUT2D eigenvalue weighted by molar-refractivity contribution is -0.137. The fraction of sp³-hybridized carbons (Fsp3) is 0.818. The molecule has 2 unspecified atom stereocenters. The van der Waals surface area contributed by atoms with Gasteiger partial charge in [-0.25, -0.2) is 0 Å². The van der Waals surface area contributed by atoms with Crippen LogP contribution in [0.5, 0.6) is 0 Å². The van der Waals surface area contributed by atoms with E-state index < -0.39 is 5.97 Å². The minimum Gasteiger partial charge on any atom is -0.481 e. The summed E-state index contributed by atoms with van der Waals surface area (Å²) in [7, 11) is 0. The maximum Gasteiger partial charge on any atom is 0.311 e. The highest BCUT2D eigenvalue weighted by Crippen LogP contribution is 2.39. The summed E-state index contributed by atoms with van der Waals surface area (Å²) in [5, 5.41) is 9.04. The number of carbonyl (C=O) groups is 1. The molecular weight excluding hydrogens is 164 g/mol. The maximum absolute atomic E-state index is 11.0. The van der Waals surface area contributed by atoms with Crippen LogP contribution in [0.1, 0.15) is 40.0 Å². The van der Waals surface area contributed by atoms with Crippen molar-refractivity contribution in [3.05, 3.63) is 5.92 Å². The van der Waals surface area contributed by atoms with Gasteiger partial charge in [-0.05, 0) is 30.6 Å². The molecule has 0 aliphatic heterocycles. The van der Waals surface area contributed by atoms with Crippen molar-refractivity contribution in [3.8, 4) is 0 Å². The number of hydrogen-bond donors (Lipinski definition) is 1. The lowest BCUT2D eigenvalue weighted by Gasteiger charge is -2.34. The van der Waals surface area contributed by atoms with E-state index in [1.165, 1.54) is 6.42 Å². The van der Waals surface area contributed by atoms with Crippen molar-refractivity contribution in [2.45, 2.75) is 40.0 Å². The predicted molar refractivity (Wildman–Crippen MR) is 52.2 cm³/mol. The summed E-state index contributed by atoms with van der Waals surface area (Å²) in [6.45, 7) is 6.37. The van der Waals surface area contributed by atoms with Gasteiger partial charge >= 0.3 is 5.97 Å². The van der Waals surface area contributed by atoms with Gasteiger partial charge in [-0.3, -0.25) is 4.79 Å². The molecule has 13 heavy (non-hydrogen) atoms. The Labute approximate surface area is 80.3 Å². The first-order valence-corrected chi connectivity index (χ1v) is 5.11.